The molecule has 0 spiro atoms. The van der Waals surface area contributed by atoms with Crippen molar-refractivity contribution < 1.29 is 9.00 Å². The first-order valence-corrected chi connectivity index (χ1v) is 7.79. The standard InChI is InChI=1S/C14H12N4O2S/c1-21(20)12-5-3-2-4-11(12)13(18-21)16-17-14(19)10-6-8-15-9-7-10/h2-9H,1H2,(H,17,19)(H,16,18,20). The Bertz CT molecular complexity index is 829. The van der Waals surface area contributed by atoms with Crippen molar-refractivity contribution in [2.75, 3.05) is 0 Å². The van der Waals surface area contributed by atoms with Crippen LogP contribution in [0.25, 0.3) is 0 Å². The van der Waals surface area contributed by atoms with Crippen LogP contribution in [-0.4, -0.2) is 26.8 Å². The summed E-state index contributed by atoms with van der Waals surface area (Å²) in [5.74, 6) is 3.63. The van der Waals surface area contributed by atoms with Gasteiger partial charge in [-0.3, -0.25) is 20.6 Å². The average Bonchev–Trinajstić information content (AvgIpc) is 2.77. The van der Waals surface area contributed by atoms with E-state index in [1.807, 2.05) is 6.07 Å². The molecular weight excluding hydrogens is 288 g/mol. The van der Waals surface area contributed by atoms with Crippen molar-refractivity contribution in [2.45, 2.75) is 4.90 Å². The molecule has 1 aliphatic heterocycles. The molecule has 0 radical (unpaired) electrons. The Morgan fingerprint density at radius 3 is 2.62 bits per heavy atom. The molecule has 6 nitrogen and oxygen atoms in total. The van der Waals surface area contributed by atoms with Crippen LogP contribution in [0.3, 0.4) is 0 Å². The molecule has 1 aliphatic rings. The highest BCUT2D eigenvalue weighted by atomic mass is 32.2. The summed E-state index contributed by atoms with van der Waals surface area (Å²) in [6, 6.07) is 10.3. The number of nitrogens with one attached hydrogen (secondary N) is 2. The Labute approximate surface area is 122 Å². The molecule has 2 heterocycles. The Morgan fingerprint density at radius 1 is 1.14 bits per heavy atom. The Kier molecular flexibility index (Phi) is 3.19. The molecule has 106 valence electrons. The summed E-state index contributed by atoms with van der Waals surface area (Å²) >= 11 is 0. The van der Waals surface area contributed by atoms with Crippen molar-refractivity contribution in [2.24, 2.45) is 4.40 Å². The predicted molar refractivity (Wildman–Crippen MR) is 81.3 cm³/mol. The number of hydrogen-bond donors (Lipinski definition) is 2. The summed E-state index contributed by atoms with van der Waals surface area (Å²) in [6.45, 7) is 0. The minimum absolute atomic E-state index is 0.333. The van der Waals surface area contributed by atoms with Crippen molar-refractivity contribution in [1.82, 2.24) is 15.8 Å². The van der Waals surface area contributed by atoms with Gasteiger partial charge in [0.15, 0.2) is 5.84 Å². The number of rotatable bonds is 1. The van der Waals surface area contributed by atoms with Gasteiger partial charge in [-0.05, 0) is 30.1 Å². The molecule has 1 aromatic carbocycles. The molecule has 3 rings (SSSR count). The second-order valence-corrected chi connectivity index (χ2v) is 6.29. The van der Waals surface area contributed by atoms with Crippen molar-refractivity contribution in [3.05, 3.63) is 59.9 Å². The van der Waals surface area contributed by atoms with Gasteiger partial charge in [0.25, 0.3) is 5.91 Å². The van der Waals surface area contributed by atoms with Crippen LogP contribution in [0.5, 0.6) is 0 Å². The van der Waals surface area contributed by atoms with E-state index in [-0.39, 0.29) is 5.91 Å². The topological polar surface area (TPSA) is 83.5 Å². The SMILES string of the molecule is C=S1(=O)N=C(NNC(=O)c2ccncc2)c2ccccc21. The van der Waals surface area contributed by atoms with Gasteiger partial charge < -0.3 is 0 Å². The molecule has 7 heteroatoms. The number of amides is 1. The van der Waals surface area contributed by atoms with Crippen LogP contribution < -0.4 is 10.9 Å². The molecule has 1 unspecified atom stereocenters. The van der Waals surface area contributed by atoms with Crippen molar-refractivity contribution in [3.8, 4) is 0 Å². The molecular formula is C14H12N4O2S. The van der Waals surface area contributed by atoms with Gasteiger partial charge in [0, 0.05) is 23.5 Å². The third kappa shape index (κ3) is 2.50. The predicted octanol–water partition coefficient (Wildman–Crippen LogP) is 0.767. The Morgan fingerprint density at radius 2 is 1.86 bits per heavy atom. The highest BCUT2D eigenvalue weighted by Crippen LogP contribution is 2.24. The van der Waals surface area contributed by atoms with Crippen molar-refractivity contribution in [3.63, 3.8) is 0 Å². The van der Waals surface area contributed by atoms with Crippen LogP contribution in [0.15, 0.2) is 58.1 Å². The van der Waals surface area contributed by atoms with E-state index in [4.69, 9.17) is 0 Å². The lowest BCUT2D eigenvalue weighted by atomic mass is 10.2. The molecule has 2 N–H and O–H groups in total. The van der Waals surface area contributed by atoms with Crippen molar-refractivity contribution in [1.29, 1.82) is 0 Å². The van der Waals surface area contributed by atoms with E-state index in [1.165, 1.54) is 12.4 Å². The number of nitrogens with zero attached hydrogens (tertiary/aromatic N) is 2. The van der Waals surface area contributed by atoms with Crippen LogP contribution in [0.2, 0.25) is 0 Å². The average molecular weight is 300 g/mol. The van der Waals surface area contributed by atoms with E-state index < -0.39 is 9.71 Å². The zero-order chi connectivity index (χ0) is 14.9. The van der Waals surface area contributed by atoms with E-state index in [2.05, 4.69) is 26.1 Å². The smallest absolute Gasteiger partial charge is 0.269 e. The third-order valence-electron chi connectivity index (χ3n) is 2.96. The number of carbonyl (C=O) groups is 1. The maximum atomic E-state index is 12.3. The zero-order valence-electron chi connectivity index (χ0n) is 10.9. The molecule has 0 fully saturated rings. The van der Waals surface area contributed by atoms with Gasteiger partial charge in [-0.15, -0.1) is 0 Å². The van der Waals surface area contributed by atoms with Crippen LogP contribution in [0.1, 0.15) is 15.9 Å². The number of fused-ring (bicyclic) bond motifs is 1. The number of benzene rings is 1. The monoisotopic (exact) mass is 300 g/mol. The molecule has 21 heavy (non-hydrogen) atoms. The lowest BCUT2D eigenvalue weighted by Gasteiger charge is -2.08. The van der Waals surface area contributed by atoms with E-state index in [9.17, 15) is 9.00 Å². The van der Waals surface area contributed by atoms with Crippen molar-refractivity contribution >= 4 is 27.3 Å². The first-order valence-electron chi connectivity index (χ1n) is 6.11. The summed E-state index contributed by atoms with van der Waals surface area (Å²) < 4.78 is 16.3. The molecule has 2 aromatic rings. The third-order valence-corrected chi connectivity index (χ3v) is 4.48. The van der Waals surface area contributed by atoms with E-state index >= 15 is 0 Å². The minimum atomic E-state index is -2.70. The van der Waals surface area contributed by atoms with Gasteiger partial charge in [-0.25, -0.2) is 4.21 Å². The first-order chi connectivity index (χ1) is 10.1. The second-order valence-electron chi connectivity index (χ2n) is 4.39. The quantitative estimate of drug-likeness (QED) is 0.602. The lowest BCUT2D eigenvalue weighted by Crippen LogP contribution is -2.41. The summed E-state index contributed by atoms with van der Waals surface area (Å²) in [7, 11) is -2.70. The molecule has 0 aliphatic carbocycles. The largest absolute Gasteiger partial charge is 0.280 e. The number of hydrogen-bond acceptors (Lipinski definition) is 4. The van der Waals surface area contributed by atoms with Crippen LogP contribution in [0.4, 0.5) is 0 Å². The van der Waals surface area contributed by atoms with E-state index in [1.54, 1.807) is 30.3 Å². The van der Waals surface area contributed by atoms with Gasteiger partial charge in [0.1, 0.15) is 0 Å². The number of hydrazine groups is 1. The lowest BCUT2D eigenvalue weighted by molar-refractivity contribution is 0.0944. The fourth-order valence-electron chi connectivity index (χ4n) is 1.97. The normalized spacial score (nSPS) is 19.5. The zero-order valence-corrected chi connectivity index (χ0v) is 11.8. The minimum Gasteiger partial charge on any atom is -0.280 e. The number of pyridine rings is 1. The van der Waals surface area contributed by atoms with Gasteiger partial charge in [0.05, 0.1) is 14.6 Å². The second kappa shape index (κ2) is 5.02. The highest BCUT2D eigenvalue weighted by Gasteiger charge is 2.24. The van der Waals surface area contributed by atoms with Crippen LogP contribution >= 0.6 is 0 Å². The summed E-state index contributed by atoms with van der Waals surface area (Å²) in [5.41, 5.74) is 6.35. The van der Waals surface area contributed by atoms with E-state index in [0.717, 1.165) is 0 Å². The maximum absolute atomic E-state index is 12.3. The fraction of sp³-hybridized carbons (Fsp3) is 0. The first kappa shape index (κ1) is 13.3. The molecule has 1 aromatic heterocycles. The Balaban J connectivity index is 1.80. The summed E-state index contributed by atoms with van der Waals surface area (Å²) in [4.78, 5) is 16.3. The Hall–Kier alpha value is -2.67. The van der Waals surface area contributed by atoms with Gasteiger partial charge >= 0.3 is 0 Å². The fourth-order valence-corrected chi connectivity index (χ4v) is 3.30. The van der Waals surface area contributed by atoms with Gasteiger partial charge in [0.2, 0.25) is 0 Å². The molecule has 1 atom stereocenters. The molecule has 1 amide bonds. The summed E-state index contributed by atoms with van der Waals surface area (Å²) in [5, 5.41) is 0. The number of amidine groups is 1. The molecule has 0 bridgehead atoms. The van der Waals surface area contributed by atoms with Crippen LogP contribution in [-0.2, 0) is 9.71 Å². The summed E-state index contributed by atoms with van der Waals surface area (Å²) in [6.07, 6.45) is 3.06. The van der Waals surface area contributed by atoms with Crippen LogP contribution in [0, 0.1) is 0 Å². The van der Waals surface area contributed by atoms with Gasteiger partial charge in [-0.1, -0.05) is 12.1 Å². The number of aromatic nitrogens is 1. The molecule has 0 saturated carbocycles. The number of carbonyl (C=O) groups excluding carboxylic acids is 1. The highest BCUT2D eigenvalue weighted by molar-refractivity contribution is 7.99. The van der Waals surface area contributed by atoms with Gasteiger partial charge in [-0.2, -0.15) is 4.40 Å². The maximum Gasteiger partial charge on any atom is 0.269 e. The van der Waals surface area contributed by atoms with E-state index in [0.29, 0.717) is 21.9 Å². The molecule has 0 saturated heterocycles.